The van der Waals surface area contributed by atoms with Crippen LogP contribution in [-0.4, -0.2) is 31.3 Å². The van der Waals surface area contributed by atoms with Crippen molar-refractivity contribution in [2.75, 3.05) is 20.3 Å². The van der Waals surface area contributed by atoms with Crippen molar-refractivity contribution >= 4 is 39.2 Å². The van der Waals surface area contributed by atoms with Gasteiger partial charge in [-0.05, 0) is 76.4 Å². The van der Waals surface area contributed by atoms with E-state index in [1.54, 1.807) is 25.3 Å². The molecule has 0 fully saturated rings. The van der Waals surface area contributed by atoms with Gasteiger partial charge < -0.3 is 19.5 Å². The van der Waals surface area contributed by atoms with Gasteiger partial charge in [-0.15, -0.1) is 0 Å². The number of benzene rings is 2. The average Bonchev–Trinajstić information content (AvgIpc) is 2.75. The van der Waals surface area contributed by atoms with E-state index >= 15 is 0 Å². The van der Waals surface area contributed by atoms with E-state index in [1.807, 2.05) is 25.1 Å². The van der Waals surface area contributed by atoms with Gasteiger partial charge in [-0.2, -0.15) is 0 Å². The summed E-state index contributed by atoms with van der Waals surface area (Å²) >= 11 is 8.72. The van der Waals surface area contributed by atoms with Crippen LogP contribution in [0.1, 0.15) is 43.1 Å². The fourth-order valence-corrected chi connectivity index (χ4v) is 3.23. The highest BCUT2D eigenvalue weighted by molar-refractivity contribution is 9.10. The van der Waals surface area contributed by atoms with Gasteiger partial charge in [-0.3, -0.25) is 10.1 Å². The molecule has 0 atom stereocenters. The summed E-state index contributed by atoms with van der Waals surface area (Å²) in [7, 11) is 1.60. The maximum atomic E-state index is 12.5. The minimum Gasteiger partial charge on any atom is -0.493 e. The number of ether oxygens (including phenoxy) is 3. The SMILES string of the molecule is CCCOc1ccc(CNC(=S)NC(=O)c2ccc(OCC(C)C)c(Br)c2)cc1OC. The van der Waals surface area contributed by atoms with Gasteiger partial charge in [0, 0.05) is 12.1 Å². The van der Waals surface area contributed by atoms with E-state index in [0.717, 1.165) is 16.5 Å². The smallest absolute Gasteiger partial charge is 0.257 e. The summed E-state index contributed by atoms with van der Waals surface area (Å²) in [5.41, 5.74) is 1.43. The molecule has 0 aliphatic carbocycles. The first-order chi connectivity index (χ1) is 14.8. The maximum absolute atomic E-state index is 12.5. The molecule has 0 spiro atoms. The Morgan fingerprint density at radius 2 is 1.84 bits per heavy atom. The predicted molar refractivity (Wildman–Crippen MR) is 130 cm³/mol. The van der Waals surface area contributed by atoms with Gasteiger partial charge in [0.15, 0.2) is 16.6 Å². The lowest BCUT2D eigenvalue weighted by molar-refractivity contribution is 0.0976. The number of nitrogens with one attached hydrogen (secondary N) is 2. The van der Waals surface area contributed by atoms with E-state index in [2.05, 4.69) is 40.4 Å². The third-order valence-corrected chi connectivity index (χ3v) is 5.00. The number of amides is 1. The molecule has 1 amide bonds. The molecule has 2 aromatic carbocycles. The third-order valence-electron chi connectivity index (χ3n) is 4.14. The van der Waals surface area contributed by atoms with E-state index in [1.165, 1.54) is 0 Å². The van der Waals surface area contributed by atoms with E-state index in [4.69, 9.17) is 26.4 Å². The van der Waals surface area contributed by atoms with Crippen molar-refractivity contribution in [3.05, 3.63) is 52.0 Å². The standard InChI is InChI=1S/C23H29BrN2O4S/c1-5-10-29-20-8-6-16(11-21(20)28-4)13-25-23(31)26-22(27)17-7-9-19(18(24)12-17)30-14-15(2)3/h6-9,11-12,15H,5,10,13-14H2,1-4H3,(H2,25,26,27,31). The zero-order valence-corrected chi connectivity index (χ0v) is 20.7. The molecule has 0 saturated heterocycles. The van der Waals surface area contributed by atoms with E-state index in [9.17, 15) is 4.79 Å². The lowest BCUT2D eigenvalue weighted by Crippen LogP contribution is -2.38. The van der Waals surface area contributed by atoms with E-state index in [-0.39, 0.29) is 11.0 Å². The van der Waals surface area contributed by atoms with Gasteiger partial charge in [0.05, 0.1) is 24.8 Å². The molecule has 0 bridgehead atoms. The fraction of sp³-hybridized carbons (Fsp3) is 0.391. The second kappa shape index (κ2) is 12.5. The van der Waals surface area contributed by atoms with Crippen LogP contribution in [0.5, 0.6) is 17.2 Å². The highest BCUT2D eigenvalue weighted by atomic mass is 79.9. The molecule has 8 heteroatoms. The van der Waals surface area contributed by atoms with Crippen LogP contribution in [0.15, 0.2) is 40.9 Å². The van der Waals surface area contributed by atoms with Crippen LogP contribution in [-0.2, 0) is 6.54 Å². The number of carbonyl (C=O) groups is 1. The number of hydrogen-bond donors (Lipinski definition) is 2. The molecular formula is C23H29BrN2O4S. The molecule has 2 rings (SSSR count). The maximum Gasteiger partial charge on any atom is 0.257 e. The molecule has 0 heterocycles. The van der Waals surface area contributed by atoms with Crippen LogP contribution < -0.4 is 24.8 Å². The molecule has 2 N–H and O–H groups in total. The molecule has 0 aromatic heterocycles. The molecule has 6 nitrogen and oxygen atoms in total. The predicted octanol–water partition coefficient (Wildman–Crippen LogP) is 5.09. The van der Waals surface area contributed by atoms with Crippen LogP contribution in [0.25, 0.3) is 0 Å². The zero-order chi connectivity index (χ0) is 22.8. The second-order valence-electron chi connectivity index (χ2n) is 7.32. The molecule has 31 heavy (non-hydrogen) atoms. The van der Waals surface area contributed by atoms with Crippen LogP contribution in [0, 0.1) is 5.92 Å². The van der Waals surface area contributed by atoms with Gasteiger partial charge in [0.1, 0.15) is 5.75 Å². The molecule has 0 saturated carbocycles. The van der Waals surface area contributed by atoms with Crippen molar-refractivity contribution in [3.8, 4) is 17.2 Å². The minimum absolute atomic E-state index is 0.242. The summed E-state index contributed by atoms with van der Waals surface area (Å²) in [6, 6.07) is 10.9. The summed E-state index contributed by atoms with van der Waals surface area (Å²) in [5.74, 6) is 2.18. The number of thiocarbonyl (C=S) groups is 1. The number of hydrogen-bond acceptors (Lipinski definition) is 5. The summed E-state index contributed by atoms with van der Waals surface area (Å²) in [5, 5.41) is 5.98. The quantitative estimate of drug-likeness (QED) is 0.435. The first-order valence-electron chi connectivity index (χ1n) is 10.1. The van der Waals surface area contributed by atoms with Gasteiger partial charge in [-0.1, -0.05) is 26.8 Å². The largest absolute Gasteiger partial charge is 0.493 e. The van der Waals surface area contributed by atoms with Crippen LogP contribution >= 0.6 is 28.1 Å². The molecule has 168 valence electrons. The van der Waals surface area contributed by atoms with Crippen molar-refractivity contribution in [2.45, 2.75) is 33.7 Å². The molecule has 0 aliphatic heterocycles. The molecule has 0 aliphatic rings. The first kappa shape index (κ1) is 24.9. The lowest BCUT2D eigenvalue weighted by Gasteiger charge is -2.14. The Morgan fingerprint density at radius 3 is 2.48 bits per heavy atom. The minimum atomic E-state index is -0.297. The number of methoxy groups -OCH3 is 1. The van der Waals surface area contributed by atoms with Crippen molar-refractivity contribution in [3.63, 3.8) is 0 Å². The van der Waals surface area contributed by atoms with Crippen molar-refractivity contribution in [2.24, 2.45) is 5.92 Å². The Morgan fingerprint density at radius 1 is 1.10 bits per heavy atom. The normalized spacial score (nSPS) is 10.5. The summed E-state index contributed by atoms with van der Waals surface area (Å²) < 4.78 is 17.5. The first-order valence-corrected chi connectivity index (χ1v) is 11.3. The Bertz CT molecular complexity index is 905. The summed E-state index contributed by atoms with van der Waals surface area (Å²) in [6.45, 7) is 7.88. The van der Waals surface area contributed by atoms with E-state index < -0.39 is 0 Å². The highest BCUT2D eigenvalue weighted by Crippen LogP contribution is 2.28. The Balaban J connectivity index is 1.91. The molecule has 0 unspecified atom stereocenters. The van der Waals surface area contributed by atoms with Crippen molar-refractivity contribution < 1.29 is 19.0 Å². The summed E-state index contributed by atoms with van der Waals surface area (Å²) in [6.07, 6.45) is 0.921. The van der Waals surface area contributed by atoms with Crippen LogP contribution in [0.4, 0.5) is 0 Å². The average molecular weight is 509 g/mol. The second-order valence-corrected chi connectivity index (χ2v) is 8.58. The molecule has 0 radical (unpaired) electrons. The number of carbonyl (C=O) groups excluding carboxylic acids is 1. The van der Waals surface area contributed by atoms with Gasteiger partial charge in [0.2, 0.25) is 0 Å². The number of halogens is 1. The Labute approximate surface area is 197 Å². The Hall–Kier alpha value is -2.32. The topological polar surface area (TPSA) is 68.8 Å². The van der Waals surface area contributed by atoms with Crippen LogP contribution in [0.2, 0.25) is 0 Å². The lowest BCUT2D eigenvalue weighted by atomic mass is 10.2. The summed E-state index contributed by atoms with van der Waals surface area (Å²) in [4.78, 5) is 12.5. The Kier molecular flexibility index (Phi) is 10.1. The van der Waals surface area contributed by atoms with E-state index in [0.29, 0.717) is 48.5 Å². The number of rotatable bonds is 10. The molecule has 2 aromatic rings. The fourth-order valence-electron chi connectivity index (χ4n) is 2.57. The van der Waals surface area contributed by atoms with Crippen molar-refractivity contribution in [1.29, 1.82) is 0 Å². The van der Waals surface area contributed by atoms with Gasteiger partial charge in [0.25, 0.3) is 5.91 Å². The van der Waals surface area contributed by atoms with Crippen LogP contribution in [0.3, 0.4) is 0 Å². The van der Waals surface area contributed by atoms with Gasteiger partial charge >= 0.3 is 0 Å². The highest BCUT2D eigenvalue weighted by Gasteiger charge is 2.12. The van der Waals surface area contributed by atoms with Crippen molar-refractivity contribution in [1.82, 2.24) is 10.6 Å². The monoisotopic (exact) mass is 508 g/mol. The van der Waals surface area contributed by atoms with Gasteiger partial charge in [-0.25, -0.2) is 0 Å². The molecular weight excluding hydrogens is 480 g/mol. The third kappa shape index (κ3) is 8.03. The zero-order valence-electron chi connectivity index (χ0n) is 18.3.